The van der Waals surface area contributed by atoms with Crippen molar-refractivity contribution in [1.82, 2.24) is 5.32 Å². The number of nitrogens with one attached hydrogen (secondary N) is 2. The summed E-state index contributed by atoms with van der Waals surface area (Å²) in [5.74, 6) is -0.406. The summed E-state index contributed by atoms with van der Waals surface area (Å²) >= 11 is 0. The van der Waals surface area contributed by atoms with Crippen molar-refractivity contribution in [1.29, 1.82) is 0 Å². The molecule has 0 fully saturated rings. The number of hydrogen-bond acceptors (Lipinski definition) is 7. The molecule has 0 bridgehead atoms. The van der Waals surface area contributed by atoms with E-state index in [1.54, 1.807) is 6.07 Å². The normalized spacial score (nSPS) is 11.2. The van der Waals surface area contributed by atoms with E-state index in [4.69, 9.17) is 4.42 Å². The minimum absolute atomic E-state index is 0.0582. The van der Waals surface area contributed by atoms with Crippen molar-refractivity contribution < 1.29 is 26.9 Å². The van der Waals surface area contributed by atoms with Crippen molar-refractivity contribution >= 4 is 27.1 Å². The first-order chi connectivity index (χ1) is 14.6. The highest BCUT2D eigenvalue weighted by Gasteiger charge is 2.18. The van der Waals surface area contributed by atoms with E-state index in [9.17, 15) is 27.7 Å². The van der Waals surface area contributed by atoms with Crippen molar-refractivity contribution in [2.75, 3.05) is 24.7 Å². The Kier molecular flexibility index (Phi) is 6.35. The molecule has 2 aromatic carbocycles. The van der Waals surface area contributed by atoms with Crippen LogP contribution in [0.15, 0.2) is 63.9 Å². The fourth-order valence-electron chi connectivity index (χ4n) is 2.73. The monoisotopic (exact) mass is 447 g/mol. The SMILES string of the molecule is CS(=O)(=O)c1ccc(NCCNC(=O)c2ccc(-c3ccc(F)cc3)o2)c([N+](=O)[O-])c1. The molecule has 9 nitrogen and oxygen atoms in total. The highest BCUT2D eigenvalue weighted by Crippen LogP contribution is 2.27. The van der Waals surface area contributed by atoms with Crippen LogP contribution in [0, 0.1) is 15.9 Å². The van der Waals surface area contributed by atoms with Crippen LogP contribution in [0.1, 0.15) is 10.6 Å². The molecule has 3 rings (SSSR count). The van der Waals surface area contributed by atoms with Crippen LogP contribution in [-0.2, 0) is 9.84 Å². The second kappa shape index (κ2) is 8.96. The first-order valence-corrected chi connectivity index (χ1v) is 10.9. The molecule has 31 heavy (non-hydrogen) atoms. The molecule has 0 atom stereocenters. The van der Waals surface area contributed by atoms with Crippen LogP contribution in [0.3, 0.4) is 0 Å². The smallest absolute Gasteiger partial charge is 0.293 e. The Hall–Kier alpha value is -3.73. The number of nitrogens with zero attached hydrogens (tertiary/aromatic N) is 1. The van der Waals surface area contributed by atoms with Gasteiger partial charge in [0.25, 0.3) is 11.6 Å². The molecule has 0 saturated heterocycles. The Morgan fingerprint density at radius 3 is 2.45 bits per heavy atom. The number of nitro benzene ring substituents is 1. The van der Waals surface area contributed by atoms with Crippen molar-refractivity contribution in [2.45, 2.75) is 4.90 Å². The second-order valence-corrected chi connectivity index (χ2v) is 8.58. The van der Waals surface area contributed by atoms with Gasteiger partial charge in [-0.15, -0.1) is 0 Å². The third-order valence-corrected chi connectivity index (χ3v) is 5.39. The van der Waals surface area contributed by atoms with Crippen molar-refractivity contribution in [3.05, 3.63) is 76.3 Å². The van der Waals surface area contributed by atoms with Gasteiger partial charge in [0.2, 0.25) is 0 Å². The summed E-state index contributed by atoms with van der Waals surface area (Å²) in [5.41, 5.74) is 0.361. The van der Waals surface area contributed by atoms with Gasteiger partial charge in [0.05, 0.1) is 9.82 Å². The molecule has 1 heterocycles. The van der Waals surface area contributed by atoms with Gasteiger partial charge in [-0.25, -0.2) is 12.8 Å². The lowest BCUT2D eigenvalue weighted by atomic mass is 10.2. The van der Waals surface area contributed by atoms with E-state index in [1.165, 1.54) is 42.5 Å². The second-order valence-electron chi connectivity index (χ2n) is 6.56. The van der Waals surface area contributed by atoms with Gasteiger partial charge in [0, 0.05) is 31.0 Å². The predicted octanol–water partition coefficient (Wildman–Crippen LogP) is 3.24. The molecule has 0 unspecified atom stereocenters. The Balaban J connectivity index is 1.58. The van der Waals surface area contributed by atoms with Crippen LogP contribution in [-0.4, -0.2) is 38.6 Å². The van der Waals surface area contributed by atoms with Crippen LogP contribution in [0.4, 0.5) is 15.8 Å². The number of carbonyl (C=O) groups is 1. The molecular weight excluding hydrogens is 429 g/mol. The van der Waals surface area contributed by atoms with Gasteiger partial charge in [0.1, 0.15) is 17.3 Å². The Bertz CT molecular complexity index is 1220. The van der Waals surface area contributed by atoms with E-state index >= 15 is 0 Å². The molecule has 1 amide bonds. The number of halogens is 1. The number of carbonyl (C=O) groups excluding carboxylic acids is 1. The van der Waals surface area contributed by atoms with Gasteiger partial charge in [-0.05, 0) is 48.5 Å². The average Bonchev–Trinajstić information content (AvgIpc) is 3.21. The van der Waals surface area contributed by atoms with Crippen LogP contribution < -0.4 is 10.6 Å². The molecule has 0 spiro atoms. The van der Waals surface area contributed by atoms with Crippen LogP contribution >= 0.6 is 0 Å². The van der Waals surface area contributed by atoms with E-state index in [2.05, 4.69) is 10.6 Å². The topological polar surface area (TPSA) is 132 Å². The lowest BCUT2D eigenvalue weighted by Gasteiger charge is -2.09. The molecule has 0 aliphatic heterocycles. The summed E-state index contributed by atoms with van der Waals surface area (Å²) in [6.45, 7) is 0.271. The number of furan rings is 1. The van der Waals surface area contributed by atoms with Gasteiger partial charge in [-0.1, -0.05) is 0 Å². The summed E-state index contributed by atoms with van der Waals surface area (Å²) in [6, 6.07) is 12.2. The van der Waals surface area contributed by atoms with Crippen LogP contribution in [0.5, 0.6) is 0 Å². The van der Waals surface area contributed by atoms with Crippen molar-refractivity contribution in [3.63, 3.8) is 0 Å². The van der Waals surface area contributed by atoms with E-state index in [0.717, 1.165) is 12.3 Å². The predicted molar refractivity (Wildman–Crippen MR) is 111 cm³/mol. The lowest BCUT2D eigenvalue weighted by molar-refractivity contribution is -0.384. The zero-order valence-corrected chi connectivity index (χ0v) is 17.1. The highest BCUT2D eigenvalue weighted by molar-refractivity contribution is 7.90. The van der Waals surface area contributed by atoms with Gasteiger partial charge in [0.15, 0.2) is 15.6 Å². The van der Waals surface area contributed by atoms with Crippen LogP contribution in [0.25, 0.3) is 11.3 Å². The largest absolute Gasteiger partial charge is 0.451 e. The standard InChI is InChI=1S/C20H18FN3O6S/c1-31(28,29)15-6-7-16(17(12-15)24(26)27)22-10-11-23-20(25)19-9-8-18(30-19)13-2-4-14(21)5-3-13/h2-9,12,22H,10-11H2,1H3,(H,23,25). The molecule has 0 saturated carbocycles. The maximum Gasteiger partial charge on any atom is 0.293 e. The third kappa shape index (κ3) is 5.45. The maximum absolute atomic E-state index is 13.0. The quantitative estimate of drug-likeness (QED) is 0.308. The van der Waals surface area contributed by atoms with Gasteiger partial charge < -0.3 is 15.1 Å². The van der Waals surface area contributed by atoms with Crippen molar-refractivity contribution in [3.8, 4) is 11.3 Å². The number of amides is 1. The molecule has 0 aliphatic rings. The first kappa shape index (κ1) is 22.0. The number of anilines is 1. The van der Waals surface area contributed by atoms with Gasteiger partial charge in [-0.3, -0.25) is 14.9 Å². The number of benzene rings is 2. The van der Waals surface area contributed by atoms with Crippen LogP contribution in [0.2, 0.25) is 0 Å². The Morgan fingerprint density at radius 2 is 1.81 bits per heavy atom. The molecule has 2 N–H and O–H groups in total. The summed E-state index contributed by atoms with van der Waals surface area (Å²) in [7, 11) is -3.58. The number of nitro groups is 1. The fraction of sp³-hybridized carbons (Fsp3) is 0.150. The van der Waals surface area contributed by atoms with Gasteiger partial charge >= 0.3 is 0 Å². The third-order valence-electron chi connectivity index (χ3n) is 4.28. The molecule has 0 radical (unpaired) electrons. The minimum Gasteiger partial charge on any atom is -0.451 e. The summed E-state index contributed by atoms with van der Waals surface area (Å²) in [6.07, 6.45) is 0.963. The summed E-state index contributed by atoms with van der Waals surface area (Å²) < 4.78 is 41.6. The lowest BCUT2D eigenvalue weighted by Crippen LogP contribution is -2.28. The zero-order valence-electron chi connectivity index (χ0n) is 16.3. The molecule has 162 valence electrons. The van der Waals surface area contributed by atoms with Crippen molar-refractivity contribution in [2.24, 2.45) is 0 Å². The average molecular weight is 447 g/mol. The molecule has 1 aromatic heterocycles. The van der Waals surface area contributed by atoms with E-state index < -0.39 is 20.7 Å². The Morgan fingerprint density at radius 1 is 1.10 bits per heavy atom. The first-order valence-electron chi connectivity index (χ1n) is 9.01. The number of sulfone groups is 1. The molecule has 0 aliphatic carbocycles. The molecule has 3 aromatic rings. The Labute approximate surface area is 177 Å². The molecule has 11 heteroatoms. The van der Waals surface area contributed by atoms with E-state index in [1.807, 2.05) is 0 Å². The summed E-state index contributed by atoms with van der Waals surface area (Å²) in [5, 5.41) is 16.6. The fourth-order valence-corrected chi connectivity index (χ4v) is 3.37. The summed E-state index contributed by atoms with van der Waals surface area (Å²) in [4.78, 5) is 22.6. The van der Waals surface area contributed by atoms with E-state index in [-0.39, 0.29) is 40.9 Å². The number of hydrogen-bond donors (Lipinski definition) is 2. The number of rotatable bonds is 8. The zero-order chi connectivity index (χ0) is 22.6. The molecular formula is C20H18FN3O6S. The van der Waals surface area contributed by atoms with E-state index in [0.29, 0.717) is 11.3 Å². The maximum atomic E-state index is 13.0. The highest BCUT2D eigenvalue weighted by atomic mass is 32.2. The minimum atomic E-state index is -3.58. The van der Waals surface area contributed by atoms with Gasteiger partial charge in [-0.2, -0.15) is 0 Å².